The zero-order chi connectivity index (χ0) is 14.2. The SMILES string of the molecule is COC(C)CC[C@@]1(OS(C)(=O)=O)C[C@H]1[Si](C)(C)C. The Morgan fingerprint density at radius 3 is 2.28 bits per heavy atom. The van der Waals surface area contributed by atoms with E-state index >= 15 is 0 Å². The van der Waals surface area contributed by atoms with Crippen molar-refractivity contribution in [2.75, 3.05) is 13.4 Å². The molecule has 0 spiro atoms. The molecule has 1 rings (SSSR count). The largest absolute Gasteiger partial charge is 0.382 e. The van der Waals surface area contributed by atoms with Crippen LogP contribution in [0.25, 0.3) is 0 Å². The van der Waals surface area contributed by atoms with E-state index in [1.165, 1.54) is 0 Å². The summed E-state index contributed by atoms with van der Waals surface area (Å²) in [6.45, 7) is 8.81. The van der Waals surface area contributed by atoms with Crippen molar-refractivity contribution in [1.82, 2.24) is 0 Å². The normalized spacial score (nSPS) is 30.2. The Kier molecular flexibility index (Phi) is 4.69. The fraction of sp³-hybridized carbons (Fsp3) is 1.00. The van der Waals surface area contributed by atoms with Gasteiger partial charge in [-0.05, 0) is 31.7 Å². The van der Waals surface area contributed by atoms with Gasteiger partial charge in [-0.15, -0.1) is 0 Å². The first-order valence-corrected chi connectivity index (χ1v) is 11.8. The van der Waals surface area contributed by atoms with Gasteiger partial charge >= 0.3 is 0 Å². The standard InChI is InChI=1S/C12H26O4SSi/c1-10(15-2)7-8-12(16-17(3,13)14)9-11(12)18(4,5)6/h10-11H,7-9H2,1-6H3/t10?,11-,12-/m1/s1. The van der Waals surface area contributed by atoms with E-state index in [1.807, 2.05) is 6.92 Å². The molecule has 3 atom stereocenters. The third-order valence-electron chi connectivity index (χ3n) is 3.76. The molecule has 0 aliphatic heterocycles. The first-order chi connectivity index (χ1) is 8.00. The summed E-state index contributed by atoms with van der Waals surface area (Å²) in [5, 5.41) is 0. The Labute approximate surface area is 112 Å². The number of hydrogen-bond donors (Lipinski definition) is 0. The predicted molar refractivity (Wildman–Crippen MR) is 76.1 cm³/mol. The Balaban J connectivity index is 2.74. The smallest absolute Gasteiger partial charge is 0.264 e. The van der Waals surface area contributed by atoms with Crippen molar-refractivity contribution in [2.24, 2.45) is 0 Å². The lowest BCUT2D eigenvalue weighted by Gasteiger charge is -2.24. The van der Waals surface area contributed by atoms with E-state index in [0.29, 0.717) is 5.54 Å². The second kappa shape index (κ2) is 5.23. The van der Waals surface area contributed by atoms with Crippen molar-refractivity contribution in [1.29, 1.82) is 0 Å². The van der Waals surface area contributed by atoms with Gasteiger partial charge in [0.15, 0.2) is 0 Å². The minimum atomic E-state index is -3.39. The summed E-state index contributed by atoms with van der Waals surface area (Å²) < 4.78 is 33.5. The summed E-state index contributed by atoms with van der Waals surface area (Å²) in [5.74, 6) is 0. The highest BCUT2D eigenvalue weighted by atomic mass is 32.2. The highest BCUT2D eigenvalue weighted by Gasteiger charge is 2.62. The van der Waals surface area contributed by atoms with Crippen LogP contribution in [-0.2, 0) is 19.0 Å². The third-order valence-corrected chi connectivity index (χ3v) is 7.22. The fourth-order valence-corrected chi connectivity index (χ4v) is 6.35. The van der Waals surface area contributed by atoms with Gasteiger partial charge in [-0.25, -0.2) is 0 Å². The maximum absolute atomic E-state index is 11.4. The molecule has 6 heteroatoms. The molecule has 0 saturated heterocycles. The van der Waals surface area contributed by atoms with Gasteiger partial charge in [0.2, 0.25) is 0 Å². The van der Waals surface area contributed by atoms with Crippen molar-refractivity contribution in [3.8, 4) is 0 Å². The molecule has 18 heavy (non-hydrogen) atoms. The van der Waals surface area contributed by atoms with Crippen LogP contribution < -0.4 is 0 Å². The van der Waals surface area contributed by atoms with E-state index in [-0.39, 0.29) is 6.10 Å². The van der Waals surface area contributed by atoms with Gasteiger partial charge < -0.3 is 4.74 Å². The summed E-state index contributed by atoms with van der Waals surface area (Å²) in [6, 6.07) is 0. The van der Waals surface area contributed by atoms with E-state index in [9.17, 15) is 8.42 Å². The average Bonchev–Trinajstić information content (AvgIpc) is 2.86. The summed E-state index contributed by atoms with van der Waals surface area (Å²) in [4.78, 5) is 0. The van der Waals surface area contributed by atoms with Crippen LogP contribution in [0.15, 0.2) is 0 Å². The maximum Gasteiger partial charge on any atom is 0.264 e. The molecule has 0 radical (unpaired) electrons. The molecule has 1 aliphatic rings. The average molecular weight is 294 g/mol. The molecule has 0 bridgehead atoms. The van der Waals surface area contributed by atoms with Crippen LogP contribution in [0.5, 0.6) is 0 Å². The molecule has 0 aromatic heterocycles. The lowest BCUT2D eigenvalue weighted by molar-refractivity contribution is 0.0869. The molecule has 0 aromatic rings. The summed E-state index contributed by atoms with van der Waals surface area (Å²) >= 11 is 0. The summed E-state index contributed by atoms with van der Waals surface area (Å²) in [7, 11) is -3.08. The van der Waals surface area contributed by atoms with E-state index in [2.05, 4.69) is 19.6 Å². The molecule has 1 fully saturated rings. The van der Waals surface area contributed by atoms with Crippen LogP contribution in [0, 0.1) is 0 Å². The fourth-order valence-electron chi connectivity index (χ4n) is 2.66. The van der Waals surface area contributed by atoms with Gasteiger partial charge in [0, 0.05) is 7.11 Å². The molecule has 108 valence electrons. The Morgan fingerprint density at radius 2 is 1.94 bits per heavy atom. The van der Waals surface area contributed by atoms with E-state index in [4.69, 9.17) is 8.92 Å². The third kappa shape index (κ3) is 4.33. The zero-order valence-corrected chi connectivity index (χ0v) is 14.1. The van der Waals surface area contributed by atoms with Crippen molar-refractivity contribution in [3.05, 3.63) is 0 Å². The van der Waals surface area contributed by atoms with Gasteiger partial charge in [-0.2, -0.15) is 8.42 Å². The van der Waals surface area contributed by atoms with Crippen molar-refractivity contribution < 1.29 is 17.3 Å². The summed E-state index contributed by atoms with van der Waals surface area (Å²) in [5.41, 5.74) is -0.00558. The van der Waals surface area contributed by atoms with Crippen molar-refractivity contribution in [2.45, 2.75) is 63.1 Å². The lowest BCUT2D eigenvalue weighted by Crippen LogP contribution is -2.30. The molecule has 0 N–H and O–H groups in total. The molecule has 1 saturated carbocycles. The van der Waals surface area contributed by atoms with Gasteiger partial charge in [-0.1, -0.05) is 19.6 Å². The van der Waals surface area contributed by atoms with Crippen LogP contribution >= 0.6 is 0 Å². The van der Waals surface area contributed by atoms with Crippen molar-refractivity contribution >= 4 is 18.2 Å². The topological polar surface area (TPSA) is 52.6 Å². The van der Waals surface area contributed by atoms with Gasteiger partial charge in [0.25, 0.3) is 10.1 Å². The van der Waals surface area contributed by atoms with Gasteiger partial charge in [0.05, 0.1) is 26.0 Å². The highest BCUT2D eigenvalue weighted by Crippen LogP contribution is 2.61. The molecule has 0 aromatic carbocycles. The molecule has 1 aliphatic carbocycles. The second-order valence-corrected chi connectivity index (χ2v) is 13.6. The molecule has 1 unspecified atom stereocenters. The van der Waals surface area contributed by atoms with Crippen LogP contribution in [-0.4, -0.2) is 41.6 Å². The second-order valence-electron chi connectivity index (χ2n) is 6.56. The molecule has 4 nitrogen and oxygen atoms in total. The van der Waals surface area contributed by atoms with Crippen LogP contribution in [0.1, 0.15) is 26.2 Å². The van der Waals surface area contributed by atoms with E-state index in [1.54, 1.807) is 7.11 Å². The molecule has 0 heterocycles. The number of rotatable bonds is 7. The number of ether oxygens (including phenoxy) is 1. The first-order valence-electron chi connectivity index (χ1n) is 6.43. The quantitative estimate of drug-likeness (QED) is 0.535. The van der Waals surface area contributed by atoms with Gasteiger partial charge in [-0.3, -0.25) is 4.18 Å². The van der Waals surface area contributed by atoms with Crippen molar-refractivity contribution in [3.63, 3.8) is 0 Å². The Hall–Kier alpha value is 0.0869. The molecular formula is C12H26O4SSi. The first kappa shape index (κ1) is 16.1. The number of methoxy groups -OCH3 is 1. The lowest BCUT2D eigenvalue weighted by atomic mass is 10.1. The van der Waals surface area contributed by atoms with E-state index < -0.39 is 23.8 Å². The molecule has 0 amide bonds. The predicted octanol–water partition coefficient (Wildman–Crippen LogP) is 2.63. The van der Waals surface area contributed by atoms with Gasteiger partial charge in [0.1, 0.15) is 0 Å². The molecular weight excluding hydrogens is 268 g/mol. The Bertz CT molecular complexity index is 387. The Morgan fingerprint density at radius 1 is 1.39 bits per heavy atom. The zero-order valence-electron chi connectivity index (χ0n) is 12.3. The minimum Gasteiger partial charge on any atom is -0.382 e. The highest BCUT2D eigenvalue weighted by molar-refractivity contribution is 7.86. The van der Waals surface area contributed by atoms with Crippen LogP contribution in [0.3, 0.4) is 0 Å². The van der Waals surface area contributed by atoms with Crippen LogP contribution in [0.4, 0.5) is 0 Å². The number of hydrogen-bond acceptors (Lipinski definition) is 4. The minimum absolute atomic E-state index is 0.146. The van der Waals surface area contributed by atoms with Crippen LogP contribution in [0.2, 0.25) is 25.2 Å². The summed E-state index contributed by atoms with van der Waals surface area (Å²) in [6.07, 6.45) is 3.78. The maximum atomic E-state index is 11.4. The monoisotopic (exact) mass is 294 g/mol. The van der Waals surface area contributed by atoms with E-state index in [0.717, 1.165) is 25.5 Å².